The molecule has 0 spiro atoms. The van der Waals surface area contributed by atoms with Gasteiger partial charge in [0.25, 0.3) is 0 Å². The van der Waals surface area contributed by atoms with Crippen LogP contribution in [0, 0.1) is 0 Å². The Morgan fingerprint density at radius 1 is 1.24 bits per heavy atom. The number of benzene rings is 2. The molecule has 3 rings (SSSR count). The van der Waals surface area contributed by atoms with Crippen LogP contribution < -0.4 is 5.73 Å². The Hall–Kier alpha value is -2.20. The Bertz CT molecular complexity index is 824. The van der Waals surface area contributed by atoms with Crippen molar-refractivity contribution >= 4 is 28.3 Å². The van der Waals surface area contributed by atoms with Crippen molar-refractivity contribution in [2.75, 3.05) is 5.73 Å². The second-order valence-electron chi connectivity index (χ2n) is 5.28. The van der Waals surface area contributed by atoms with Crippen LogP contribution in [0.5, 0.6) is 5.75 Å². The van der Waals surface area contributed by atoms with E-state index in [0.29, 0.717) is 22.1 Å². The van der Waals surface area contributed by atoms with Crippen LogP contribution in [-0.2, 0) is 0 Å². The summed E-state index contributed by atoms with van der Waals surface area (Å²) in [6, 6.07) is 11.1. The third-order valence-corrected chi connectivity index (χ3v) is 3.71. The van der Waals surface area contributed by atoms with Crippen LogP contribution in [0.4, 0.5) is 5.69 Å². The number of hydrogen-bond acceptors (Lipinski definition) is 3. The molecular formula is C16H16ClN3O. The molecule has 0 fully saturated rings. The minimum absolute atomic E-state index is 0.0563. The number of aromatic nitrogens is 2. The quantitative estimate of drug-likeness (QED) is 0.550. The van der Waals surface area contributed by atoms with Gasteiger partial charge in [0.15, 0.2) is 0 Å². The summed E-state index contributed by atoms with van der Waals surface area (Å²) in [5, 5.41) is 10.9. The van der Waals surface area contributed by atoms with Gasteiger partial charge in [0, 0.05) is 11.1 Å². The normalized spacial score (nSPS) is 11.4. The molecule has 0 atom stereocenters. The second-order valence-corrected chi connectivity index (χ2v) is 5.71. The number of phenolic OH excluding ortho intramolecular Hbond substituents is 1. The van der Waals surface area contributed by atoms with Gasteiger partial charge in [-0.3, -0.25) is 0 Å². The molecular weight excluding hydrogens is 286 g/mol. The van der Waals surface area contributed by atoms with E-state index in [4.69, 9.17) is 17.3 Å². The fourth-order valence-electron chi connectivity index (χ4n) is 2.53. The molecule has 2 aromatic carbocycles. The first-order valence-corrected chi connectivity index (χ1v) is 7.12. The van der Waals surface area contributed by atoms with E-state index in [1.54, 1.807) is 12.1 Å². The zero-order chi connectivity index (χ0) is 15.1. The molecule has 0 aliphatic heterocycles. The van der Waals surface area contributed by atoms with E-state index in [9.17, 15) is 5.11 Å². The summed E-state index contributed by atoms with van der Waals surface area (Å²) in [7, 11) is 0. The number of aromatic hydroxyl groups is 1. The number of rotatable bonds is 2. The average molecular weight is 302 g/mol. The van der Waals surface area contributed by atoms with Gasteiger partial charge in [-0.05, 0) is 44.2 Å². The molecule has 1 heterocycles. The zero-order valence-electron chi connectivity index (χ0n) is 11.8. The molecule has 0 saturated carbocycles. The van der Waals surface area contributed by atoms with Crippen molar-refractivity contribution in [3.8, 4) is 17.1 Å². The first kappa shape index (κ1) is 13.8. The number of phenols is 1. The smallest absolute Gasteiger partial charge is 0.149 e. The predicted octanol–water partition coefficient (Wildman–Crippen LogP) is 4.23. The Balaban J connectivity index is 2.36. The highest BCUT2D eigenvalue weighted by Crippen LogP contribution is 2.36. The maximum Gasteiger partial charge on any atom is 0.149 e. The second kappa shape index (κ2) is 4.97. The highest BCUT2D eigenvalue weighted by Gasteiger charge is 2.18. The number of para-hydroxylation sites is 1. The number of fused-ring (bicyclic) bond motifs is 1. The standard InChI is InChI=1S/C16H16ClN3O/c1-9(2)20-14-7-6-10(17)8-13(14)19-16(20)11-4-3-5-12(18)15(11)21/h3-9,21H,18H2,1-2H3. The maximum atomic E-state index is 10.2. The van der Waals surface area contributed by atoms with E-state index in [0.717, 1.165) is 11.0 Å². The lowest BCUT2D eigenvalue weighted by Crippen LogP contribution is -2.03. The molecule has 21 heavy (non-hydrogen) atoms. The van der Waals surface area contributed by atoms with Gasteiger partial charge >= 0.3 is 0 Å². The monoisotopic (exact) mass is 301 g/mol. The minimum atomic E-state index is 0.0563. The Labute approximate surface area is 127 Å². The SMILES string of the molecule is CC(C)n1c(-c2cccc(N)c2O)nc2cc(Cl)ccc21. The number of halogens is 1. The van der Waals surface area contributed by atoms with Gasteiger partial charge in [0.1, 0.15) is 11.6 Å². The summed E-state index contributed by atoms with van der Waals surface area (Å²) in [4.78, 5) is 4.63. The molecule has 3 aromatic rings. The van der Waals surface area contributed by atoms with E-state index in [1.807, 2.05) is 24.3 Å². The Morgan fingerprint density at radius 3 is 2.71 bits per heavy atom. The summed E-state index contributed by atoms with van der Waals surface area (Å²) >= 11 is 6.04. The van der Waals surface area contributed by atoms with Gasteiger partial charge in [-0.15, -0.1) is 0 Å². The molecule has 5 heteroatoms. The average Bonchev–Trinajstić information content (AvgIpc) is 2.80. The predicted molar refractivity (Wildman–Crippen MR) is 86.6 cm³/mol. The van der Waals surface area contributed by atoms with E-state index < -0.39 is 0 Å². The number of nitrogen functional groups attached to an aromatic ring is 1. The van der Waals surface area contributed by atoms with Crippen molar-refractivity contribution < 1.29 is 5.11 Å². The molecule has 0 saturated heterocycles. The van der Waals surface area contributed by atoms with Gasteiger partial charge in [-0.25, -0.2) is 4.98 Å². The van der Waals surface area contributed by atoms with Crippen molar-refractivity contribution in [2.24, 2.45) is 0 Å². The molecule has 0 radical (unpaired) electrons. The first-order valence-electron chi connectivity index (χ1n) is 6.74. The largest absolute Gasteiger partial charge is 0.505 e. The number of imidazole rings is 1. The maximum absolute atomic E-state index is 10.2. The highest BCUT2D eigenvalue weighted by molar-refractivity contribution is 6.31. The lowest BCUT2D eigenvalue weighted by atomic mass is 10.1. The van der Waals surface area contributed by atoms with Crippen LogP contribution in [0.15, 0.2) is 36.4 Å². The van der Waals surface area contributed by atoms with Crippen LogP contribution in [0.25, 0.3) is 22.4 Å². The summed E-state index contributed by atoms with van der Waals surface area (Å²) in [5.41, 5.74) is 8.53. The van der Waals surface area contributed by atoms with Gasteiger partial charge in [-0.2, -0.15) is 0 Å². The van der Waals surface area contributed by atoms with Crippen molar-refractivity contribution in [2.45, 2.75) is 19.9 Å². The zero-order valence-corrected chi connectivity index (χ0v) is 12.6. The molecule has 0 unspecified atom stereocenters. The Morgan fingerprint density at radius 2 is 2.00 bits per heavy atom. The van der Waals surface area contributed by atoms with Crippen LogP contribution in [-0.4, -0.2) is 14.7 Å². The molecule has 3 N–H and O–H groups in total. The number of hydrogen-bond donors (Lipinski definition) is 2. The van der Waals surface area contributed by atoms with Crippen LogP contribution in [0.2, 0.25) is 5.02 Å². The summed E-state index contributed by atoms with van der Waals surface area (Å²) in [5.74, 6) is 0.743. The van der Waals surface area contributed by atoms with Crippen molar-refractivity contribution in [3.63, 3.8) is 0 Å². The first-order chi connectivity index (χ1) is 9.99. The van der Waals surface area contributed by atoms with Crippen molar-refractivity contribution in [3.05, 3.63) is 41.4 Å². The lowest BCUT2D eigenvalue weighted by molar-refractivity contribution is 0.478. The summed E-state index contributed by atoms with van der Waals surface area (Å²) < 4.78 is 2.07. The summed E-state index contributed by atoms with van der Waals surface area (Å²) in [6.45, 7) is 4.14. The van der Waals surface area contributed by atoms with Gasteiger partial charge in [0.2, 0.25) is 0 Å². The van der Waals surface area contributed by atoms with Gasteiger partial charge in [0.05, 0.1) is 22.3 Å². The Kier molecular flexibility index (Phi) is 3.26. The van der Waals surface area contributed by atoms with Crippen LogP contribution in [0.1, 0.15) is 19.9 Å². The molecule has 0 amide bonds. The molecule has 108 valence electrons. The van der Waals surface area contributed by atoms with Gasteiger partial charge in [-0.1, -0.05) is 17.7 Å². The van der Waals surface area contributed by atoms with E-state index in [-0.39, 0.29) is 11.8 Å². The molecule has 0 aliphatic carbocycles. The molecule has 1 aromatic heterocycles. The molecule has 0 aliphatic rings. The minimum Gasteiger partial charge on any atom is -0.505 e. The van der Waals surface area contributed by atoms with Crippen LogP contribution >= 0.6 is 11.6 Å². The van der Waals surface area contributed by atoms with E-state index >= 15 is 0 Å². The van der Waals surface area contributed by atoms with E-state index in [1.165, 1.54) is 0 Å². The number of nitrogens with zero attached hydrogens (tertiary/aromatic N) is 2. The highest BCUT2D eigenvalue weighted by atomic mass is 35.5. The van der Waals surface area contributed by atoms with E-state index in [2.05, 4.69) is 23.4 Å². The fourth-order valence-corrected chi connectivity index (χ4v) is 2.69. The third kappa shape index (κ3) is 2.21. The number of anilines is 1. The lowest BCUT2D eigenvalue weighted by Gasteiger charge is -2.14. The fraction of sp³-hybridized carbons (Fsp3) is 0.188. The molecule has 4 nitrogen and oxygen atoms in total. The van der Waals surface area contributed by atoms with Crippen molar-refractivity contribution in [1.82, 2.24) is 9.55 Å². The van der Waals surface area contributed by atoms with Crippen molar-refractivity contribution in [1.29, 1.82) is 0 Å². The third-order valence-electron chi connectivity index (χ3n) is 3.48. The topological polar surface area (TPSA) is 64.1 Å². The van der Waals surface area contributed by atoms with Crippen LogP contribution in [0.3, 0.4) is 0 Å². The summed E-state index contributed by atoms with van der Waals surface area (Å²) in [6.07, 6.45) is 0. The number of nitrogens with two attached hydrogens (primary N) is 1. The molecule has 0 bridgehead atoms. The van der Waals surface area contributed by atoms with Gasteiger partial charge < -0.3 is 15.4 Å².